The Bertz CT molecular complexity index is 777. The highest BCUT2D eigenvalue weighted by molar-refractivity contribution is 7.92. The molecule has 0 radical (unpaired) electrons. The average Bonchev–Trinajstić information content (AvgIpc) is 2.42. The van der Waals surface area contributed by atoms with Gasteiger partial charge < -0.3 is 0 Å². The van der Waals surface area contributed by atoms with Crippen LogP contribution in [0.5, 0.6) is 0 Å². The Balaban J connectivity index is 2.61. The molecular formula is C15H14ClF2NO2S. The number of halogens is 3. The minimum atomic E-state index is -4.04. The average molecular weight is 346 g/mol. The van der Waals surface area contributed by atoms with Gasteiger partial charge in [-0.25, -0.2) is 17.2 Å². The van der Waals surface area contributed by atoms with E-state index in [1.807, 2.05) is 0 Å². The summed E-state index contributed by atoms with van der Waals surface area (Å²) in [4.78, 5) is -0.0470. The molecule has 0 N–H and O–H groups in total. The maximum Gasteiger partial charge on any atom is 0.264 e. The molecule has 0 spiro atoms. The molecule has 2 rings (SSSR count). The number of nitrogens with zero attached hydrogens (tertiary/aromatic N) is 1. The van der Waals surface area contributed by atoms with Gasteiger partial charge in [-0.2, -0.15) is 0 Å². The highest BCUT2D eigenvalue weighted by Crippen LogP contribution is 2.29. The molecule has 2 aromatic carbocycles. The smallest absolute Gasteiger partial charge is 0.261 e. The molecule has 0 bridgehead atoms. The minimum absolute atomic E-state index is 0.0470. The van der Waals surface area contributed by atoms with Crippen molar-refractivity contribution in [3.05, 3.63) is 59.1 Å². The lowest BCUT2D eigenvalue weighted by atomic mass is 10.2. The molecule has 0 fully saturated rings. The van der Waals surface area contributed by atoms with E-state index < -0.39 is 27.7 Å². The van der Waals surface area contributed by atoms with Crippen molar-refractivity contribution < 1.29 is 17.2 Å². The van der Waals surface area contributed by atoms with Crippen molar-refractivity contribution in [2.45, 2.75) is 24.8 Å². The van der Waals surface area contributed by atoms with Gasteiger partial charge in [-0.05, 0) is 50.2 Å². The van der Waals surface area contributed by atoms with Gasteiger partial charge in [0, 0.05) is 17.1 Å². The third-order valence-corrected chi connectivity index (χ3v) is 5.24. The van der Waals surface area contributed by atoms with Crippen LogP contribution in [0.1, 0.15) is 13.8 Å². The molecule has 0 aliphatic carbocycles. The van der Waals surface area contributed by atoms with Gasteiger partial charge in [-0.15, -0.1) is 0 Å². The van der Waals surface area contributed by atoms with E-state index >= 15 is 0 Å². The van der Waals surface area contributed by atoms with Crippen LogP contribution in [0, 0.1) is 11.6 Å². The molecule has 0 unspecified atom stereocenters. The SMILES string of the molecule is CC(C)N(c1cc(F)ccc1F)S(=O)(=O)c1ccc(Cl)cc1. The zero-order chi connectivity index (χ0) is 16.5. The van der Waals surface area contributed by atoms with Gasteiger partial charge in [0.25, 0.3) is 10.0 Å². The molecule has 0 amide bonds. The molecule has 2 aromatic rings. The largest absolute Gasteiger partial charge is 0.264 e. The molecule has 0 saturated heterocycles. The van der Waals surface area contributed by atoms with E-state index in [1.165, 1.54) is 24.3 Å². The third kappa shape index (κ3) is 3.23. The molecule has 7 heteroatoms. The van der Waals surface area contributed by atoms with Crippen molar-refractivity contribution in [2.24, 2.45) is 0 Å². The Morgan fingerprint density at radius 3 is 2.18 bits per heavy atom. The first-order chi connectivity index (χ1) is 10.2. The van der Waals surface area contributed by atoms with Crippen molar-refractivity contribution in [1.29, 1.82) is 0 Å². The zero-order valence-corrected chi connectivity index (χ0v) is 13.5. The topological polar surface area (TPSA) is 37.4 Å². The second kappa shape index (κ2) is 6.22. The molecule has 0 atom stereocenters. The third-order valence-electron chi connectivity index (χ3n) is 2.99. The van der Waals surface area contributed by atoms with E-state index in [2.05, 4.69) is 0 Å². The number of hydrogen-bond acceptors (Lipinski definition) is 2. The second-order valence-electron chi connectivity index (χ2n) is 4.94. The second-order valence-corrected chi connectivity index (χ2v) is 7.20. The summed E-state index contributed by atoms with van der Waals surface area (Å²) in [6, 6.07) is 7.60. The van der Waals surface area contributed by atoms with Gasteiger partial charge in [0.15, 0.2) is 0 Å². The van der Waals surface area contributed by atoms with Gasteiger partial charge in [-0.1, -0.05) is 11.6 Å². The molecule has 22 heavy (non-hydrogen) atoms. The number of hydrogen-bond donors (Lipinski definition) is 0. The van der Waals surface area contributed by atoms with Crippen molar-refractivity contribution in [2.75, 3.05) is 4.31 Å². The van der Waals surface area contributed by atoms with Crippen LogP contribution in [0.25, 0.3) is 0 Å². The lowest BCUT2D eigenvalue weighted by molar-refractivity contribution is 0.572. The lowest BCUT2D eigenvalue weighted by Gasteiger charge is -2.28. The Kier molecular flexibility index (Phi) is 4.72. The number of rotatable bonds is 4. The van der Waals surface area contributed by atoms with Crippen LogP contribution in [0.2, 0.25) is 5.02 Å². The molecule has 118 valence electrons. The molecule has 0 aliphatic heterocycles. The molecular weight excluding hydrogens is 332 g/mol. The zero-order valence-electron chi connectivity index (χ0n) is 11.9. The molecule has 3 nitrogen and oxygen atoms in total. The summed E-state index contributed by atoms with van der Waals surface area (Å²) in [5.41, 5.74) is -0.329. The van der Waals surface area contributed by atoms with Crippen LogP contribution in [-0.2, 0) is 10.0 Å². The van der Waals surface area contributed by atoms with Gasteiger partial charge in [0.1, 0.15) is 11.6 Å². The summed E-state index contributed by atoms with van der Waals surface area (Å²) in [6.45, 7) is 3.16. The van der Waals surface area contributed by atoms with Gasteiger partial charge >= 0.3 is 0 Å². The fourth-order valence-electron chi connectivity index (χ4n) is 2.06. The maximum absolute atomic E-state index is 14.0. The Hall–Kier alpha value is -1.66. The summed E-state index contributed by atoms with van der Waals surface area (Å²) in [7, 11) is -4.04. The highest BCUT2D eigenvalue weighted by atomic mass is 35.5. The van der Waals surface area contributed by atoms with Crippen LogP contribution in [-0.4, -0.2) is 14.5 Å². The van der Waals surface area contributed by atoms with Gasteiger partial charge in [0.05, 0.1) is 10.6 Å². The number of sulfonamides is 1. The predicted octanol–water partition coefficient (Wildman–Crippen LogP) is 4.22. The summed E-state index contributed by atoms with van der Waals surface area (Å²) >= 11 is 5.75. The summed E-state index contributed by atoms with van der Waals surface area (Å²) in [5.74, 6) is -1.53. The molecule has 0 aliphatic rings. The van der Waals surface area contributed by atoms with Crippen LogP contribution >= 0.6 is 11.6 Å². The first kappa shape index (κ1) is 16.7. The van der Waals surface area contributed by atoms with Gasteiger partial charge in [-0.3, -0.25) is 4.31 Å². The standard InChI is InChI=1S/C15H14ClF2NO2S/c1-10(2)19(15-9-12(17)5-8-14(15)18)22(20,21)13-6-3-11(16)4-7-13/h3-10H,1-2H3. The molecule has 0 saturated carbocycles. The fourth-order valence-corrected chi connectivity index (χ4v) is 3.85. The minimum Gasteiger partial charge on any atom is -0.261 e. The monoisotopic (exact) mass is 345 g/mol. The summed E-state index contributed by atoms with van der Waals surface area (Å²) in [5, 5.41) is 0.381. The first-order valence-electron chi connectivity index (χ1n) is 6.48. The first-order valence-corrected chi connectivity index (χ1v) is 8.30. The Labute approximate surface area is 133 Å². The van der Waals surface area contributed by atoms with Crippen LogP contribution in [0.4, 0.5) is 14.5 Å². The van der Waals surface area contributed by atoms with Crippen LogP contribution < -0.4 is 4.31 Å². The summed E-state index contributed by atoms with van der Waals surface area (Å²) < 4.78 is 53.7. The van der Waals surface area contributed by atoms with Crippen molar-refractivity contribution >= 4 is 27.3 Å². The van der Waals surface area contributed by atoms with Gasteiger partial charge in [0.2, 0.25) is 0 Å². The normalized spacial score (nSPS) is 11.7. The van der Waals surface area contributed by atoms with Crippen molar-refractivity contribution in [1.82, 2.24) is 0 Å². The van der Waals surface area contributed by atoms with Crippen LogP contribution in [0.3, 0.4) is 0 Å². The maximum atomic E-state index is 14.0. The van der Waals surface area contributed by atoms with E-state index in [4.69, 9.17) is 11.6 Å². The van der Waals surface area contributed by atoms with E-state index in [9.17, 15) is 17.2 Å². The Morgan fingerprint density at radius 1 is 1.05 bits per heavy atom. The fraction of sp³-hybridized carbons (Fsp3) is 0.200. The van der Waals surface area contributed by atoms with E-state index in [0.29, 0.717) is 5.02 Å². The highest BCUT2D eigenvalue weighted by Gasteiger charge is 2.29. The van der Waals surface area contributed by atoms with Crippen molar-refractivity contribution in [3.8, 4) is 0 Å². The number of anilines is 1. The summed E-state index contributed by atoms with van der Waals surface area (Å²) in [6.07, 6.45) is 0. The van der Waals surface area contributed by atoms with Crippen LogP contribution in [0.15, 0.2) is 47.4 Å². The molecule has 0 heterocycles. The predicted molar refractivity (Wildman–Crippen MR) is 82.6 cm³/mol. The lowest BCUT2D eigenvalue weighted by Crippen LogP contribution is -2.37. The van der Waals surface area contributed by atoms with E-state index in [-0.39, 0.29) is 10.6 Å². The van der Waals surface area contributed by atoms with Crippen molar-refractivity contribution in [3.63, 3.8) is 0 Å². The van der Waals surface area contributed by atoms with E-state index in [0.717, 1.165) is 22.5 Å². The number of benzene rings is 2. The molecule has 0 aromatic heterocycles. The van der Waals surface area contributed by atoms with E-state index in [1.54, 1.807) is 13.8 Å². The quantitative estimate of drug-likeness (QED) is 0.832. The Morgan fingerprint density at radius 2 is 1.64 bits per heavy atom.